The van der Waals surface area contributed by atoms with E-state index >= 15 is 0 Å². The first-order chi connectivity index (χ1) is 18.1. The summed E-state index contributed by atoms with van der Waals surface area (Å²) in [7, 11) is 0. The van der Waals surface area contributed by atoms with Crippen molar-refractivity contribution in [1.29, 1.82) is 0 Å². The molecule has 1 amide bonds. The first-order valence-electron chi connectivity index (χ1n) is 12.2. The van der Waals surface area contributed by atoms with E-state index in [9.17, 15) is 14.0 Å². The van der Waals surface area contributed by atoms with Crippen LogP contribution in [0.4, 0.5) is 9.52 Å². The van der Waals surface area contributed by atoms with E-state index in [0.29, 0.717) is 52.5 Å². The quantitative estimate of drug-likeness (QED) is 0.204. The number of anilines is 1. The Labute approximate surface area is 227 Å². The molecule has 0 N–H and O–H groups in total. The Balaban J connectivity index is 0.00000294. The van der Waals surface area contributed by atoms with E-state index in [1.54, 1.807) is 18.2 Å². The van der Waals surface area contributed by atoms with Gasteiger partial charge in [0.05, 0.1) is 23.4 Å². The molecule has 0 unspecified atom stereocenters. The highest BCUT2D eigenvalue weighted by Crippen LogP contribution is 2.31. The standard InChI is InChI=1S/C28H24FN3O4S.ClH/c29-19-7-8-23-25(16-19)37-28(30-23)32(11-3-10-31-12-14-35-15-13-31)26(33)22-17-21-20-5-2-1-4-18(20)6-9-24(21)36-27(22)34;/h1-2,4-9,16-17H,3,10-15H2;1H. The molecule has 1 aliphatic rings. The Kier molecular flexibility index (Phi) is 7.71. The Morgan fingerprint density at radius 3 is 2.71 bits per heavy atom. The lowest BCUT2D eigenvalue weighted by atomic mass is 10.0. The number of benzene rings is 3. The average molecular weight is 554 g/mol. The van der Waals surface area contributed by atoms with Gasteiger partial charge in [-0.2, -0.15) is 0 Å². The molecule has 0 radical (unpaired) electrons. The Morgan fingerprint density at radius 2 is 1.87 bits per heavy atom. The molecule has 0 atom stereocenters. The van der Waals surface area contributed by atoms with Gasteiger partial charge in [0.15, 0.2) is 5.13 Å². The molecular weight excluding hydrogens is 529 g/mol. The summed E-state index contributed by atoms with van der Waals surface area (Å²) in [4.78, 5) is 35.3. The lowest BCUT2D eigenvalue weighted by Crippen LogP contribution is -2.40. The molecule has 38 heavy (non-hydrogen) atoms. The number of rotatable bonds is 6. The lowest BCUT2D eigenvalue weighted by molar-refractivity contribution is 0.0376. The van der Waals surface area contributed by atoms with E-state index in [1.807, 2.05) is 30.3 Å². The second-order valence-corrected chi connectivity index (χ2v) is 10.0. The molecule has 3 heterocycles. The van der Waals surface area contributed by atoms with Crippen LogP contribution in [0, 0.1) is 5.82 Å². The largest absolute Gasteiger partial charge is 0.422 e. The van der Waals surface area contributed by atoms with Gasteiger partial charge in [-0.1, -0.05) is 41.7 Å². The van der Waals surface area contributed by atoms with E-state index in [2.05, 4.69) is 9.88 Å². The van der Waals surface area contributed by atoms with Crippen LogP contribution in [0.15, 0.2) is 69.9 Å². The predicted octanol–water partition coefficient (Wildman–Crippen LogP) is 5.49. The predicted molar refractivity (Wildman–Crippen MR) is 150 cm³/mol. The SMILES string of the molecule is Cl.O=C(c1cc2c(ccc3ccccc32)oc1=O)N(CCCN1CCOCC1)c1nc2ccc(F)cc2s1. The minimum atomic E-state index is -0.696. The number of carbonyl (C=O) groups excluding carboxylic acids is 1. The minimum absolute atomic E-state index is 0. The van der Waals surface area contributed by atoms with Gasteiger partial charge < -0.3 is 9.15 Å². The van der Waals surface area contributed by atoms with Gasteiger partial charge in [0, 0.05) is 31.6 Å². The second-order valence-electron chi connectivity index (χ2n) is 9.02. The molecule has 10 heteroatoms. The Bertz CT molecular complexity index is 1680. The van der Waals surface area contributed by atoms with Crippen molar-refractivity contribution in [2.45, 2.75) is 6.42 Å². The monoisotopic (exact) mass is 553 g/mol. The zero-order chi connectivity index (χ0) is 25.4. The lowest BCUT2D eigenvalue weighted by Gasteiger charge is -2.27. The summed E-state index contributed by atoms with van der Waals surface area (Å²) in [6.45, 7) is 4.21. The number of nitrogens with zero attached hydrogens (tertiary/aromatic N) is 3. The second kappa shape index (κ2) is 11.2. The summed E-state index contributed by atoms with van der Waals surface area (Å²) in [6.07, 6.45) is 0.678. The zero-order valence-corrected chi connectivity index (χ0v) is 22.0. The third-order valence-corrected chi connectivity index (χ3v) is 7.69. The van der Waals surface area contributed by atoms with E-state index in [-0.39, 0.29) is 23.8 Å². The molecule has 6 rings (SSSR count). The van der Waals surface area contributed by atoms with Crippen molar-refractivity contribution in [2.75, 3.05) is 44.3 Å². The van der Waals surface area contributed by atoms with Crippen molar-refractivity contribution >= 4 is 66.7 Å². The number of carbonyl (C=O) groups is 1. The van der Waals surface area contributed by atoms with E-state index < -0.39 is 11.5 Å². The van der Waals surface area contributed by atoms with Crippen LogP contribution < -0.4 is 10.5 Å². The smallest absolute Gasteiger partial charge is 0.349 e. The van der Waals surface area contributed by atoms with Gasteiger partial charge >= 0.3 is 5.63 Å². The van der Waals surface area contributed by atoms with Crippen LogP contribution in [0.25, 0.3) is 32.0 Å². The first-order valence-corrected chi connectivity index (χ1v) is 13.0. The molecule has 1 saturated heterocycles. The van der Waals surface area contributed by atoms with Crippen molar-refractivity contribution in [1.82, 2.24) is 9.88 Å². The van der Waals surface area contributed by atoms with Gasteiger partial charge in [0.25, 0.3) is 5.91 Å². The zero-order valence-electron chi connectivity index (χ0n) is 20.4. The maximum atomic E-state index is 13.9. The van der Waals surface area contributed by atoms with Crippen molar-refractivity contribution < 1.29 is 18.3 Å². The Morgan fingerprint density at radius 1 is 1.05 bits per heavy atom. The number of ether oxygens (including phenoxy) is 1. The molecule has 3 aromatic carbocycles. The van der Waals surface area contributed by atoms with Gasteiger partial charge in [-0.05, 0) is 47.5 Å². The molecule has 1 fully saturated rings. The number of thiazole rings is 1. The summed E-state index contributed by atoms with van der Waals surface area (Å²) in [5.74, 6) is -0.847. The number of hydrogen-bond donors (Lipinski definition) is 0. The molecule has 2 aromatic heterocycles. The number of aromatic nitrogens is 1. The van der Waals surface area contributed by atoms with Crippen LogP contribution in [-0.4, -0.2) is 55.2 Å². The summed E-state index contributed by atoms with van der Waals surface area (Å²) in [5.41, 5.74) is 0.275. The fourth-order valence-corrected chi connectivity index (χ4v) is 5.74. The summed E-state index contributed by atoms with van der Waals surface area (Å²) >= 11 is 1.23. The van der Waals surface area contributed by atoms with Gasteiger partial charge in [0.2, 0.25) is 0 Å². The van der Waals surface area contributed by atoms with Gasteiger partial charge in [-0.15, -0.1) is 12.4 Å². The summed E-state index contributed by atoms with van der Waals surface area (Å²) < 4.78 is 25.5. The first kappa shape index (κ1) is 26.2. The van der Waals surface area contributed by atoms with E-state index in [0.717, 1.165) is 30.4 Å². The highest BCUT2D eigenvalue weighted by atomic mass is 35.5. The number of morpholine rings is 1. The maximum absolute atomic E-state index is 13.9. The fraction of sp³-hybridized carbons (Fsp3) is 0.250. The van der Waals surface area contributed by atoms with Crippen molar-refractivity contribution in [3.63, 3.8) is 0 Å². The fourth-order valence-electron chi connectivity index (χ4n) is 4.73. The van der Waals surface area contributed by atoms with Crippen molar-refractivity contribution in [3.8, 4) is 0 Å². The van der Waals surface area contributed by atoms with Gasteiger partial charge in [-0.3, -0.25) is 14.6 Å². The number of halogens is 2. The molecule has 5 aromatic rings. The van der Waals surface area contributed by atoms with Crippen LogP contribution in [0.5, 0.6) is 0 Å². The van der Waals surface area contributed by atoms with Gasteiger partial charge in [-0.25, -0.2) is 14.2 Å². The van der Waals surface area contributed by atoms with Crippen LogP contribution in [0.2, 0.25) is 0 Å². The van der Waals surface area contributed by atoms with E-state index in [4.69, 9.17) is 9.15 Å². The highest BCUT2D eigenvalue weighted by molar-refractivity contribution is 7.22. The molecule has 0 spiro atoms. The van der Waals surface area contributed by atoms with Crippen molar-refractivity contribution in [2.24, 2.45) is 0 Å². The van der Waals surface area contributed by atoms with Crippen LogP contribution in [-0.2, 0) is 4.74 Å². The maximum Gasteiger partial charge on any atom is 0.349 e. The third-order valence-electron chi connectivity index (χ3n) is 6.65. The average Bonchev–Trinajstić information content (AvgIpc) is 3.33. The third kappa shape index (κ3) is 5.15. The Hall–Kier alpha value is -3.37. The van der Waals surface area contributed by atoms with Crippen molar-refractivity contribution in [3.05, 3.63) is 82.5 Å². The topological polar surface area (TPSA) is 75.9 Å². The number of amides is 1. The molecule has 196 valence electrons. The molecule has 1 aliphatic heterocycles. The number of hydrogen-bond acceptors (Lipinski definition) is 7. The van der Waals surface area contributed by atoms with E-state index in [1.165, 1.54) is 28.4 Å². The van der Waals surface area contributed by atoms with Gasteiger partial charge in [0.1, 0.15) is 17.0 Å². The van der Waals surface area contributed by atoms with Crippen LogP contribution in [0.3, 0.4) is 0 Å². The van der Waals surface area contributed by atoms with Crippen LogP contribution in [0.1, 0.15) is 16.8 Å². The summed E-state index contributed by atoms with van der Waals surface area (Å²) in [5, 5.41) is 3.00. The summed E-state index contributed by atoms with van der Waals surface area (Å²) in [6, 6.07) is 17.4. The minimum Gasteiger partial charge on any atom is -0.422 e. The number of fused-ring (bicyclic) bond motifs is 4. The van der Waals surface area contributed by atoms with Crippen LogP contribution >= 0.6 is 23.7 Å². The molecule has 0 saturated carbocycles. The molecule has 0 aliphatic carbocycles. The highest BCUT2D eigenvalue weighted by Gasteiger charge is 2.25. The molecule has 0 bridgehead atoms. The molecule has 7 nitrogen and oxygen atoms in total. The normalized spacial score (nSPS) is 14.1. The molecular formula is C28H25ClFN3O4S.